The van der Waals surface area contributed by atoms with Gasteiger partial charge >= 0.3 is 0 Å². The van der Waals surface area contributed by atoms with E-state index in [1.807, 2.05) is 0 Å². The van der Waals surface area contributed by atoms with Crippen LogP contribution in [0.3, 0.4) is 0 Å². The van der Waals surface area contributed by atoms with Crippen molar-refractivity contribution in [1.82, 2.24) is 0 Å². The second-order valence-electron chi connectivity index (χ2n) is 13.0. The van der Waals surface area contributed by atoms with Gasteiger partial charge < -0.3 is 5.11 Å². The van der Waals surface area contributed by atoms with Crippen molar-refractivity contribution in [2.45, 2.75) is 119 Å². The van der Waals surface area contributed by atoms with Crippen molar-refractivity contribution in [2.75, 3.05) is 0 Å². The van der Waals surface area contributed by atoms with Gasteiger partial charge in [-0.2, -0.15) is 0 Å². The average molecular weight is 413 g/mol. The summed E-state index contributed by atoms with van der Waals surface area (Å²) in [6, 6.07) is 0. The van der Waals surface area contributed by atoms with Crippen LogP contribution in [0.1, 0.15) is 113 Å². The van der Waals surface area contributed by atoms with E-state index >= 15 is 0 Å². The molecule has 1 nitrogen and oxygen atoms in total. The lowest BCUT2D eigenvalue weighted by atomic mass is 9.46. The molecule has 4 aliphatic rings. The van der Waals surface area contributed by atoms with Gasteiger partial charge in [0, 0.05) is 0 Å². The predicted octanol–water partition coefficient (Wildman–Crippen LogP) is 8.09. The van der Waals surface area contributed by atoms with E-state index in [-0.39, 0.29) is 11.5 Å². The van der Waals surface area contributed by atoms with E-state index in [0.29, 0.717) is 16.7 Å². The lowest BCUT2D eigenvalue weighted by Crippen LogP contribution is -2.53. The van der Waals surface area contributed by atoms with Crippen molar-refractivity contribution in [1.29, 1.82) is 0 Å². The van der Waals surface area contributed by atoms with Crippen molar-refractivity contribution in [2.24, 2.45) is 39.9 Å². The summed E-state index contributed by atoms with van der Waals surface area (Å²) < 4.78 is 0. The van der Waals surface area contributed by atoms with Gasteiger partial charge in [0.15, 0.2) is 0 Å². The molecule has 0 radical (unpaired) electrons. The Kier molecular flexibility index (Phi) is 5.87. The van der Waals surface area contributed by atoms with Crippen molar-refractivity contribution < 1.29 is 5.11 Å². The summed E-state index contributed by atoms with van der Waals surface area (Å²) in [5, 5.41) is 10.8. The van der Waals surface area contributed by atoms with E-state index in [1.54, 1.807) is 16.7 Å². The van der Waals surface area contributed by atoms with Gasteiger partial charge in [-0.3, -0.25) is 0 Å². The van der Waals surface area contributed by atoms with E-state index in [4.69, 9.17) is 0 Å². The maximum absolute atomic E-state index is 10.8. The van der Waals surface area contributed by atoms with Gasteiger partial charge in [0.25, 0.3) is 0 Å². The lowest BCUT2D eigenvalue weighted by molar-refractivity contribution is -0.0905. The zero-order valence-electron chi connectivity index (χ0n) is 21.0. The molecule has 0 spiro atoms. The van der Waals surface area contributed by atoms with E-state index in [0.717, 1.165) is 24.2 Å². The molecule has 1 fully saturated rings. The number of aliphatic hydroxyl groups excluding tert-OH is 1. The maximum atomic E-state index is 10.8. The fourth-order valence-corrected chi connectivity index (χ4v) is 8.63. The third-order valence-electron chi connectivity index (χ3n) is 10.6. The third-order valence-corrected chi connectivity index (χ3v) is 10.6. The zero-order valence-corrected chi connectivity index (χ0v) is 21.0. The topological polar surface area (TPSA) is 20.2 Å². The molecule has 0 aromatic carbocycles. The van der Waals surface area contributed by atoms with Gasteiger partial charge in [0.05, 0.1) is 6.10 Å². The first-order chi connectivity index (χ1) is 14.0. The van der Waals surface area contributed by atoms with Gasteiger partial charge in [-0.25, -0.2) is 0 Å². The third kappa shape index (κ3) is 3.37. The lowest BCUT2D eigenvalue weighted by Gasteiger charge is -2.59. The number of allylic oxidation sites excluding steroid dienone is 4. The smallest absolute Gasteiger partial charge is 0.0594 e. The molecule has 0 saturated heterocycles. The summed E-state index contributed by atoms with van der Waals surface area (Å²) in [5.74, 6) is 3.13. The molecule has 1 saturated carbocycles. The van der Waals surface area contributed by atoms with Gasteiger partial charge in [-0.05, 0) is 96.0 Å². The van der Waals surface area contributed by atoms with Gasteiger partial charge in [-0.1, -0.05) is 79.4 Å². The number of hydrogen-bond donors (Lipinski definition) is 1. The Bertz CT molecular complexity index is 725. The SMILES string of the molecule is CC(C)CCC[C@@H](C)[C@H]1CC=C2C3=C(CC[C@@]21C)[C@@]1(C)CC[C@H](O)C(C)(C)C1CC3. The summed E-state index contributed by atoms with van der Waals surface area (Å²) in [6.07, 6.45) is 15.3. The molecular weight excluding hydrogens is 364 g/mol. The Labute approximate surface area is 186 Å². The first kappa shape index (κ1) is 22.6. The second kappa shape index (κ2) is 7.79. The Hall–Kier alpha value is -0.560. The first-order valence-electron chi connectivity index (χ1n) is 13.1. The minimum absolute atomic E-state index is 0.0454. The zero-order chi connectivity index (χ0) is 21.9. The van der Waals surface area contributed by atoms with Crippen LogP contribution in [0.25, 0.3) is 0 Å². The van der Waals surface area contributed by atoms with Crippen LogP contribution in [0.15, 0.2) is 22.8 Å². The highest BCUT2D eigenvalue weighted by molar-refractivity contribution is 5.49. The number of aliphatic hydroxyl groups is 1. The molecule has 1 unspecified atom stereocenters. The standard InChI is InChI=1S/C29H48O/c1-19(2)9-8-10-20(3)22-12-13-23-21-11-14-25-27(4,5)26(30)16-18-29(25,7)24(21)15-17-28(22,23)6/h13,19-20,22,25-26,30H,8-12,14-18H2,1-7H3/t20-,22-,25?,26+,28-,29-/m1/s1. The monoisotopic (exact) mass is 412 g/mol. The minimum atomic E-state index is -0.131. The van der Waals surface area contributed by atoms with Crippen LogP contribution in [0.4, 0.5) is 0 Å². The molecule has 30 heavy (non-hydrogen) atoms. The summed E-state index contributed by atoms with van der Waals surface area (Å²) >= 11 is 0. The van der Waals surface area contributed by atoms with E-state index in [1.165, 1.54) is 57.8 Å². The highest BCUT2D eigenvalue weighted by Crippen LogP contribution is 2.66. The van der Waals surface area contributed by atoms with Crippen LogP contribution in [0.2, 0.25) is 0 Å². The minimum Gasteiger partial charge on any atom is -0.393 e. The molecule has 0 aromatic rings. The summed E-state index contributed by atoms with van der Waals surface area (Å²) in [6.45, 7) is 17.1. The predicted molar refractivity (Wildman–Crippen MR) is 128 cm³/mol. The highest BCUT2D eigenvalue weighted by atomic mass is 16.3. The number of hydrogen-bond acceptors (Lipinski definition) is 1. The molecule has 0 amide bonds. The summed E-state index contributed by atoms with van der Waals surface area (Å²) in [4.78, 5) is 0. The van der Waals surface area contributed by atoms with E-state index in [9.17, 15) is 5.11 Å². The molecule has 0 bridgehead atoms. The fourth-order valence-electron chi connectivity index (χ4n) is 8.63. The number of fused-ring (bicyclic) bond motifs is 4. The normalized spacial score (nSPS) is 41.2. The molecule has 6 atom stereocenters. The Morgan fingerprint density at radius 2 is 1.70 bits per heavy atom. The molecule has 170 valence electrons. The van der Waals surface area contributed by atoms with Crippen molar-refractivity contribution in [3.8, 4) is 0 Å². The van der Waals surface area contributed by atoms with Gasteiger partial charge in [0.1, 0.15) is 0 Å². The van der Waals surface area contributed by atoms with Gasteiger partial charge in [0.2, 0.25) is 0 Å². The van der Waals surface area contributed by atoms with Crippen molar-refractivity contribution in [3.05, 3.63) is 22.8 Å². The van der Waals surface area contributed by atoms with Crippen LogP contribution in [0.5, 0.6) is 0 Å². The van der Waals surface area contributed by atoms with E-state index < -0.39 is 0 Å². The molecule has 0 aliphatic heterocycles. The largest absolute Gasteiger partial charge is 0.393 e. The van der Waals surface area contributed by atoms with Crippen molar-refractivity contribution >= 4 is 0 Å². The average Bonchev–Trinajstić information content (AvgIpc) is 3.02. The van der Waals surface area contributed by atoms with Crippen LogP contribution >= 0.6 is 0 Å². The Balaban J connectivity index is 1.58. The molecular formula is C29H48O. The Morgan fingerprint density at radius 1 is 0.967 bits per heavy atom. The molecule has 4 aliphatic carbocycles. The van der Waals surface area contributed by atoms with Crippen LogP contribution < -0.4 is 0 Å². The molecule has 0 aromatic heterocycles. The summed E-state index contributed by atoms with van der Waals surface area (Å²) in [7, 11) is 0. The van der Waals surface area contributed by atoms with Crippen molar-refractivity contribution in [3.63, 3.8) is 0 Å². The molecule has 4 rings (SSSR count). The van der Waals surface area contributed by atoms with E-state index in [2.05, 4.69) is 54.5 Å². The van der Waals surface area contributed by atoms with Crippen LogP contribution in [-0.2, 0) is 0 Å². The van der Waals surface area contributed by atoms with Crippen LogP contribution in [0, 0.1) is 39.9 Å². The van der Waals surface area contributed by atoms with Gasteiger partial charge in [-0.15, -0.1) is 0 Å². The maximum Gasteiger partial charge on any atom is 0.0594 e. The highest BCUT2D eigenvalue weighted by Gasteiger charge is 2.57. The molecule has 1 heteroatoms. The first-order valence-corrected chi connectivity index (χ1v) is 13.1. The molecule has 0 heterocycles. The van der Waals surface area contributed by atoms with Crippen LogP contribution in [-0.4, -0.2) is 11.2 Å². The number of rotatable bonds is 5. The Morgan fingerprint density at radius 3 is 2.40 bits per heavy atom. The second-order valence-corrected chi connectivity index (χ2v) is 13.0. The summed E-state index contributed by atoms with van der Waals surface area (Å²) in [5.41, 5.74) is 6.09. The fraction of sp³-hybridized carbons (Fsp3) is 0.862. The quantitative estimate of drug-likeness (QED) is 0.483. The molecule has 1 N–H and O–H groups in total.